The second-order valence-corrected chi connectivity index (χ2v) is 7.18. The first-order valence-corrected chi connectivity index (χ1v) is 8.98. The minimum absolute atomic E-state index is 0.119. The van der Waals surface area contributed by atoms with Gasteiger partial charge in [0.1, 0.15) is 17.3 Å². The Labute approximate surface area is 152 Å². The van der Waals surface area contributed by atoms with Crippen LogP contribution in [0.3, 0.4) is 0 Å². The number of likely N-dealkylation sites (tertiary alicyclic amines) is 1. The maximum atomic E-state index is 13.3. The normalized spacial score (nSPS) is 18.3. The molecule has 0 spiro atoms. The number of hydrogen-bond donors (Lipinski definition) is 1. The molecule has 3 aromatic rings. The maximum Gasteiger partial charge on any atom is 0.127 e. The summed E-state index contributed by atoms with van der Waals surface area (Å²) in [7, 11) is 2.16. The summed E-state index contributed by atoms with van der Waals surface area (Å²) in [5, 5.41) is 20.1. The van der Waals surface area contributed by atoms with Crippen molar-refractivity contribution in [3.8, 4) is 17.0 Å². The second kappa shape index (κ2) is 6.65. The van der Waals surface area contributed by atoms with Gasteiger partial charge in [0, 0.05) is 23.6 Å². The molecule has 2 heterocycles. The molecule has 1 unspecified atom stereocenters. The third-order valence-electron chi connectivity index (χ3n) is 5.36. The Morgan fingerprint density at radius 1 is 1.19 bits per heavy atom. The number of aryl methyl sites for hydroxylation is 1. The molecular formula is C21H22FN3O. The summed E-state index contributed by atoms with van der Waals surface area (Å²) in [5.74, 6) is -0.135. The average Bonchev–Trinajstić information content (AvgIpc) is 2.62. The number of piperidine rings is 1. The third-order valence-corrected chi connectivity index (χ3v) is 5.36. The molecule has 1 fully saturated rings. The number of phenols is 1. The van der Waals surface area contributed by atoms with Crippen molar-refractivity contribution in [2.24, 2.45) is 0 Å². The number of halogens is 1. The molecule has 1 aromatic heterocycles. The monoisotopic (exact) mass is 351 g/mol. The Hall–Kier alpha value is -2.53. The van der Waals surface area contributed by atoms with Gasteiger partial charge in [-0.15, -0.1) is 10.2 Å². The van der Waals surface area contributed by atoms with Crippen LogP contribution in [0.25, 0.3) is 22.2 Å². The van der Waals surface area contributed by atoms with Crippen LogP contribution in [0, 0.1) is 12.7 Å². The molecule has 0 saturated carbocycles. The van der Waals surface area contributed by atoms with E-state index in [0.717, 1.165) is 42.0 Å². The van der Waals surface area contributed by atoms with Gasteiger partial charge >= 0.3 is 0 Å². The Kier molecular flexibility index (Phi) is 4.32. The molecule has 2 aromatic carbocycles. The summed E-state index contributed by atoms with van der Waals surface area (Å²) < 4.78 is 13.3. The van der Waals surface area contributed by atoms with Gasteiger partial charge in [-0.3, -0.25) is 0 Å². The van der Waals surface area contributed by atoms with Crippen LogP contribution in [0.5, 0.6) is 5.75 Å². The molecule has 1 saturated heterocycles. The van der Waals surface area contributed by atoms with E-state index >= 15 is 0 Å². The predicted molar refractivity (Wildman–Crippen MR) is 101 cm³/mol. The van der Waals surface area contributed by atoms with Crippen LogP contribution in [-0.4, -0.2) is 40.3 Å². The SMILES string of the molecule is Cc1c(-c2ccc(F)cc2O)nnc2c(C3CCCN(C)C3)cccc12. The first-order chi connectivity index (χ1) is 12.5. The minimum Gasteiger partial charge on any atom is -0.507 e. The van der Waals surface area contributed by atoms with Gasteiger partial charge in [-0.2, -0.15) is 0 Å². The van der Waals surface area contributed by atoms with Crippen molar-refractivity contribution in [2.45, 2.75) is 25.7 Å². The number of rotatable bonds is 2. The fourth-order valence-electron chi connectivity index (χ4n) is 3.99. The lowest BCUT2D eigenvalue weighted by molar-refractivity contribution is 0.251. The molecule has 4 nitrogen and oxygen atoms in total. The minimum atomic E-state index is -0.471. The second-order valence-electron chi connectivity index (χ2n) is 7.18. The van der Waals surface area contributed by atoms with E-state index in [1.54, 1.807) is 6.07 Å². The van der Waals surface area contributed by atoms with Gasteiger partial charge in [0.05, 0.1) is 5.52 Å². The van der Waals surface area contributed by atoms with E-state index in [0.29, 0.717) is 17.2 Å². The third kappa shape index (κ3) is 2.92. The van der Waals surface area contributed by atoms with E-state index < -0.39 is 5.82 Å². The standard InChI is InChI=1S/C21H22FN3O/c1-13-16-6-3-7-17(14-5-4-10-25(2)12-14)21(16)24-23-20(13)18-9-8-15(22)11-19(18)26/h3,6-9,11,14,26H,4-5,10,12H2,1-2H3. The highest BCUT2D eigenvalue weighted by molar-refractivity contribution is 5.89. The molecule has 1 atom stereocenters. The molecule has 0 aliphatic carbocycles. The van der Waals surface area contributed by atoms with E-state index in [9.17, 15) is 9.50 Å². The lowest BCUT2D eigenvalue weighted by atomic mass is 9.88. The number of phenolic OH excluding ortho intramolecular Hbond substituents is 1. The average molecular weight is 351 g/mol. The van der Waals surface area contributed by atoms with Gasteiger partial charge in [-0.25, -0.2) is 4.39 Å². The largest absolute Gasteiger partial charge is 0.507 e. The summed E-state index contributed by atoms with van der Waals surface area (Å²) in [6, 6.07) is 10.2. The van der Waals surface area contributed by atoms with Gasteiger partial charge < -0.3 is 10.0 Å². The Morgan fingerprint density at radius 3 is 2.81 bits per heavy atom. The van der Waals surface area contributed by atoms with Crippen LogP contribution >= 0.6 is 0 Å². The van der Waals surface area contributed by atoms with Crippen molar-refractivity contribution < 1.29 is 9.50 Å². The van der Waals surface area contributed by atoms with Crippen LogP contribution in [0.15, 0.2) is 36.4 Å². The van der Waals surface area contributed by atoms with E-state index in [1.165, 1.54) is 18.1 Å². The highest BCUT2D eigenvalue weighted by Gasteiger charge is 2.22. The molecule has 5 heteroatoms. The summed E-state index contributed by atoms with van der Waals surface area (Å²) in [5.41, 5.74) is 4.20. The van der Waals surface area contributed by atoms with E-state index in [4.69, 9.17) is 0 Å². The van der Waals surface area contributed by atoms with Crippen LogP contribution in [0.2, 0.25) is 0 Å². The van der Waals surface area contributed by atoms with Crippen LogP contribution in [0.4, 0.5) is 4.39 Å². The van der Waals surface area contributed by atoms with Crippen molar-refractivity contribution in [3.63, 3.8) is 0 Å². The topological polar surface area (TPSA) is 49.3 Å². The molecular weight excluding hydrogens is 329 g/mol. The van der Waals surface area contributed by atoms with Gasteiger partial charge in [0.25, 0.3) is 0 Å². The van der Waals surface area contributed by atoms with E-state index in [-0.39, 0.29) is 5.75 Å². The quantitative estimate of drug-likeness (QED) is 0.749. The number of nitrogens with zero attached hydrogens (tertiary/aromatic N) is 3. The highest BCUT2D eigenvalue weighted by Crippen LogP contribution is 2.36. The molecule has 1 N–H and O–H groups in total. The first-order valence-electron chi connectivity index (χ1n) is 8.98. The Bertz CT molecular complexity index is 973. The molecule has 0 bridgehead atoms. The van der Waals surface area contributed by atoms with Crippen molar-refractivity contribution in [3.05, 3.63) is 53.3 Å². The Balaban J connectivity index is 1.84. The maximum absolute atomic E-state index is 13.3. The highest BCUT2D eigenvalue weighted by atomic mass is 19.1. The summed E-state index contributed by atoms with van der Waals surface area (Å²) in [6.07, 6.45) is 2.34. The van der Waals surface area contributed by atoms with Gasteiger partial charge in [0.15, 0.2) is 0 Å². The van der Waals surface area contributed by atoms with Crippen LogP contribution in [-0.2, 0) is 0 Å². The summed E-state index contributed by atoms with van der Waals surface area (Å²) in [6.45, 7) is 4.15. The zero-order chi connectivity index (χ0) is 18.3. The summed E-state index contributed by atoms with van der Waals surface area (Å²) in [4.78, 5) is 2.36. The van der Waals surface area contributed by atoms with Crippen molar-refractivity contribution >= 4 is 10.9 Å². The summed E-state index contributed by atoms with van der Waals surface area (Å²) >= 11 is 0. The molecule has 1 aliphatic rings. The zero-order valence-electron chi connectivity index (χ0n) is 15.0. The number of benzene rings is 2. The molecule has 1 aliphatic heterocycles. The predicted octanol–water partition coefficient (Wildman–Crippen LogP) is 4.26. The lowest BCUT2D eigenvalue weighted by Gasteiger charge is -2.30. The molecule has 4 rings (SSSR count). The van der Waals surface area contributed by atoms with Crippen molar-refractivity contribution in [1.82, 2.24) is 15.1 Å². The molecule has 26 heavy (non-hydrogen) atoms. The lowest BCUT2D eigenvalue weighted by Crippen LogP contribution is -2.31. The van der Waals surface area contributed by atoms with Crippen LogP contribution in [0.1, 0.15) is 29.9 Å². The molecule has 0 amide bonds. The number of aromatic hydroxyl groups is 1. The van der Waals surface area contributed by atoms with Crippen LogP contribution < -0.4 is 0 Å². The first kappa shape index (κ1) is 16.9. The molecule has 134 valence electrons. The van der Waals surface area contributed by atoms with Crippen molar-refractivity contribution in [2.75, 3.05) is 20.1 Å². The van der Waals surface area contributed by atoms with Gasteiger partial charge in [0.2, 0.25) is 0 Å². The zero-order valence-corrected chi connectivity index (χ0v) is 15.0. The fourth-order valence-corrected chi connectivity index (χ4v) is 3.99. The number of likely N-dealkylation sites (N-methyl/N-ethyl adjacent to an activating group) is 1. The van der Waals surface area contributed by atoms with Crippen molar-refractivity contribution in [1.29, 1.82) is 0 Å². The van der Waals surface area contributed by atoms with E-state index in [2.05, 4.69) is 34.3 Å². The number of fused-ring (bicyclic) bond motifs is 1. The fraction of sp³-hybridized carbons (Fsp3) is 0.333. The van der Waals surface area contributed by atoms with Gasteiger partial charge in [-0.05, 0) is 62.5 Å². The number of hydrogen-bond acceptors (Lipinski definition) is 4. The number of aromatic nitrogens is 2. The molecule has 0 radical (unpaired) electrons. The Morgan fingerprint density at radius 2 is 2.04 bits per heavy atom. The van der Waals surface area contributed by atoms with E-state index in [1.807, 2.05) is 13.0 Å². The van der Waals surface area contributed by atoms with Gasteiger partial charge in [-0.1, -0.05) is 18.2 Å². The smallest absolute Gasteiger partial charge is 0.127 e.